The Morgan fingerprint density at radius 1 is 1.50 bits per heavy atom. The van der Waals surface area contributed by atoms with Gasteiger partial charge in [0.25, 0.3) is 5.69 Å². The lowest BCUT2D eigenvalue weighted by Gasteiger charge is -2.07. The summed E-state index contributed by atoms with van der Waals surface area (Å²) >= 11 is 0. The van der Waals surface area contributed by atoms with Gasteiger partial charge >= 0.3 is 0 Å². The molecule has 0 aliphatic rings. The molecule has 76 valence electrons. The molecule has 1 aromatic carbocycles. The monoisotopic (exact) mass is 195 g/mol. The number of nitro groups is 1. The largest absolute Gasteiger partial charge is 0.496 e. The van der Waals surface area contributed by atoms with Crippen molar-refractivity contribution in [2.24, 2.45) is 0 Å². The average Bonchev–Trinajstić information content (AvgIpc) is 2.17. The molecule has 0 fully saturated rings. The first-order valence-corrected chi connectivity index (χ1v) is 4.42. The van der Waals surface area contributed by atoms with Gasteiger partial charge in [-0.1, -0.05) is 6.92 Å². The summed E-state index contributed by atoms with van der Waals surface area (Å²) in [6, 6.07) is 3.28. The number of nitro benzene ring substituents is 1. The number of ether oxygens (including phenoxy) is 1. The van der Waals surface area contributed by atoms with Crippen LogP contribution in [-0.4, -0.2) is 12.0 Å². The molecule has 1 rings (SSSR count). The highest BCUT2D eigenvalue weighted by atomic mass is 16.6. The van der Waals surface area contributed by atoms with E-state index in [1.54, 1.807) is 26.2 Å². The Balaban J connectivity index is 3.31. The zero-order valence-corrected chi connectivity index (χ0v) is 8.53. The van der Waals surface area contributed by atoms with Crippen LogP contribution in [0.1, 0.15) is 18.1 Å². The van der Waals surface area contributed by atoms with Gasteiger partial charge in [-0.05, 0) is 25.0 Å². The Hall–Kier alpha value is -1.58. The molecule has 0 bridgehead atoms. The smallest absolute Gasteiger partial charge is 0.273 e. The molecule has 0 N–H and O–H groups in total. The van der Waals surface area contributed by atoms with Gasteiger partial charge in [0.05, 0.1) is 12.0 Å². The molecule has 4 nitrogen and oxygen atoms in total. The Labute approximate surface area is 82.7 Å². The van der Waals surface area contributed by atoms with Crippen LogP contribution in [0.3, 0.4) is 0 Å². The molecule has 0 aliphatic heterocycles. The van der Waals surface area contributed by atoms with E-state index in [9.17, 15) is 10.1 Å². The summed E-state index contributed by atoms with van der Waals surface area (Å²) in [6.45, 7) is 3.68. The van der Waals surface area contributed by atoms with Gasteiger partial charge in [0.2, 0.25) is 0 Å². The molecule has 0 aliphatic carbocycles. The molecule has 0 heterocycles. The molecule has 0 unspecified atom stereocenters. The van der Waals surface area contributed by atoms with Gasteiger partial charge < -0.3 is 4.74 Å². The Morgan fingerprint density at radius 2 is 2.14 bits per heavy atom. The number of rotatable bonds is 3. The third-order valence-electron chi connectivity index (χ3n) is 2.17. The van der Waals surface area contributed by atoms with Crippen LogP contribution in [0.5, 0.6) is 5.75 Å². The highest BCUT2D eigenvalue weighted by Crippen LogP contribution is 2.28. The molecule has 0 aromatic heterocycles. The van der Waals surface area contributed by atoms with Crippen LogP contribution in [0, 0.1) is 17.0 Å². The predicted molar refractivity (Wildman–Crippen MR) is 53.8 cm³/mol. The van der Waals surface area contributed by atoms with Gasteiger partial charge in [0.1, 0.15) is 5.75 Å². The van der Waals surface area contributed by atoms with Gasteiger partial charge in [-0.3, -0.25) is 10.1 Å². The molecule has 0 saturated heterocycles. The van der Waals surface area contributed by atoms with E-state index in [1.807, 2.05) is 6.92 Å². The van der Waals surface area contributed by atoms with E-state index in [1.165, 1.54) is 0 Å². The summed E-state index contributed by atoms with van der Waals surface area (Å²) < 4.78 is 5.10. The van der Waals surface area contributed by atoms with Crippen LogP contribution in [0.2, 0.25) is 0 Å². The fourth-order valence-corrected chi connectivity index (χ4v) is 1.39. The maximum atomic E-state index is 10.7. The van der Waals surface area contributed by atoms with Crippen molar-refractivity contribution in [1.29, 1.82) is 0 Å². The molecule has 0 atom stereocenters. The van der Waals surface area contributed by atoms with Crippen molar-refractivity contribution < 1.29 is 9.66 Å². The SMILES string of the molecule is CCc1cc(OC)c(C)cc1[N+](=O)[O-]. The zero-order chi connectivity index (χ0) is 10.7. The summed E-state index contributed by atoms with van der Waals surface area (Å²) in [4.78, 5) is 10.3. The van der Waals surface area contributed by atoms with Crippen molar-refractivity contribution in [3.63, 3.8) is 0 Å². The van der Waals surface area contributed by atoms with Gasteiger partial charge in [0.15, 0.2) is 0 Å². The lowest BCUT2D eigenvalue weighted by Crippen LogP contribution is -1.97. The van der Waals surface area contributed by atoms with E-state index < -0.39 is 0 Å². The van der Waals surface area contributed by atoms with Crippen LogP contribution in [-0.2, 0) is 6.42 Å². The number of benzene rings is 1. The van der Waals surface area contributed by atoms with Crippen molar-refractivity contribution in [1.82, 2.24) is 0 Å². The van der Waals surface area contributed by atoms with Crippen LogP contribution < -0.4 is 4.74 Å². The lowest BCUT2D eigenvalue weighted by molar-refractivity contribution is -0.385. The second-order valence-electron chi connectivity index (χ2n) is 3.06. The maximum absolute atomic E-state index is 10.7. The Kier molecular flexibility index (Phi) is 3.06. The van der Waals surface area contributed by atoms with E-state index in [0.717, 1.165) is 5.56 Å². The summed E-state index contributed by atoms with van der Waals surface area (Å²) in [5.74, 6) is 0.701. The molecule has 1 aromatic rings. The van der Waals surface area contributed by atoms with Crippen molar-refractivity contribution in [3.8, 4) is 5.75 Å². The number of nitrogens with zero attached hydrogens (tertiary/aromatic N) is 1. The Morgan fingerprint density at radius 3 is 2.57 bits per heavy atom. The molecule has 0 amide bonds. The first-order valence-electron chi connectivity index (χ1n) is 4.42. The molecule has 0 saturated carbocycles. The first kappa shape index (κ1) is 10.5. The lowest BCUT2D eigenvalue weighted by atomic mass is 10.1. The van der Waals surface area contributed by atoms with Crippen molar-refractivity contribution in [2.75, 3.05) is 7.11 Å². The van der Waals surface area contributed by atoms with Crippen molar-refractivity contribution in [2.45, 2.75) is 20.3 Å². The second kappa shape index (κ2) is 4.09. The van der Waals surface area contributed by atoms with Gasteiger partial charge in [-0.25, -0.2) is 0 Å². The summed E-state index contributed by atoms with van der Waals surface area (Å²) in [5.41, 5.74) is 1.67. The quantitative estimate of drug-likeness (QED) is 0.550. The fourth-order valence-electron chi connectivity index (χ4n) is 1.39. The molecule has 4 heteroatoms. The summed E-state index contributed by atoms with van der Waals surface area (Å²) in [5, 5.41) is 10.7. The van der Waals surface area contributed by atoms with E-state index in [0.29, 0.717) is 17.7 Å². The van der Waals surface area contributed by atoms with E-state index in [-0.39, 0.29) is 10.6 Å². The molecule has 0 radical (unpaired) electrons. The summed E-state index contributed by atoms with van der Waals surface area (Å²) in [7, 11) is 1.56. The second-order valence-corrected chi connectivity index (χ2v) is 3.06. The third kappa shape index (κ3) is 1.84. The first-order chi connectivity index (χ1) is 6.60. The number of hydrogen-bond acceptors (Lipinski definition) is 3. The van der Waals surface area contributed by atoms with Crippen molar-refractivity contribution >= 4 is 5.69 Å². The molecule has 0 spiro atoms. The van der Waals surface area contributed by atoms with E-state index in [4.69, 9.17) is 4.74 Å². The van der Waals surface area contributed by atoms with Gasteiger partial charge in [0, 0.05) is 11.6 Å². The number of methoxy groups -OCH3 is 1. The fraction of sp³-hybridized carbons (Fsp3) is 0.400. The highest BCUT2D eigenvalue weighted by molar-refractivity contribution is 5.49. The van der Waals surface area contributed by atoms with Crippen LogP contribution >= 0.6 is 0 Å². The standard InChI is InChI=1S/C10H13NO3/c1-4-8-6-10(14-3)7(2)5-9(8)11(12)13/h5-6H,4H2,1-3H3. The maximum Gasteiger partial charge on any atom is 0.273 e. The molecule has 14 heavy (non-hydrogen) atoms. The normalized spacial score (nSPS) is 9.93. The predicted octanol–water partition coefficient (Wildman–Crippen LogP) is 2.47. The number of hydrogen-bond donors (Lipinski definition) is 0. The highest BCUT2D eigenvalue weighted by Gasteiger charge is 2.15. The van der Waals surface area contributed by atoms with Crippen LogP contribution in [0.4, 0.5) is 5.69 Å². The van der Waals surface area contributed by atoms with E-state index >= 15 is 0 Å². The molecular weight excluding hydrogens is 182 g/mol. The minimum absolute atomic E-state index is 0.172. The third-order valence-corrected chi connectivity index (χ3v) is 2.17. The topological polar surface area (TPSA) is 52.4 Å². The average molecular weight is 195 g/mol. The van der Waals surface area contributed by atoms with Crippen LogP contribution in [0.25, 0.3) is 0 Å². The van der Waals surface area contributed by atoms with Gasteiger partial charge in [-0.15, -0.1) is 0 Å². The summed E-state index contributed by atoms with van der Waals surface area (Å²) in [6.07, 6.45) is 0.632. The Bertz CT molecular complexity index is 361. The minimum Gasteiger partial charge on any atom is -0.496 e. The molecular formula is C10H13NO3. The zero-order valence-electron chi connectivity index (χ0n) is 8.53. The van der Waals surface area contributed by atoms with E-state index in [2.05, 4.69) is 0 Å². The van der Waals surface area contributed by atoms with Crippen molar-refractivity contribution in [3.05, 3.63) is 33.4 Å². The minimum atomic E-state index is -0.356. The van der Waals surface area contributed by atoms with Crippen LogP contribution in [0.15, 0.2) is 12.1 Å². The van der Waals surface area contributed by atoms with Gasteiger partial charge in [-0.2, -0.15) is 0 Å². The number of aryl methyl sites for hydroxylation is 2.